The summed E-state index contributed by atoms with van der Waals surface area (Å²) in [6.07, 6.45) is 4.87. The normalized spacial score (nSPS) is 26.8. The number of likely N-dealkylation sites (tertiary alicyclic amines) is 2. The smallest absolute Gasteiger partial charge is 0.228 e. The van der Waals surface area contributed by atoms with Gasteiger partial charge in [0.15, 0.2) is 0 Å². The molecule has 1 aliphatic carbocycles. The first kappa shape index (κ1) is 16.6. The summed E-state index contributed by atoms with van der Waals surface area (Å²) in [5.41, 5.74) is 3.36. The van der Waals surface area contributed by atoms with Gasteiger partial charge in [0.1, 0.15) is 0 Å². The minimum absolute atomic E-state index is 0.119. The molecule has 6 heteroatoms. The zero-order valence-electron chi connectivity index (χ0n) is 15.5. The highest BCUT2D eigenvalue weighted by molar-refractivity contribution is 5.89. The zero-order valence-corrected chi connectivity index (χ0v) is 15.5. The fourth-order valence-electron chi connectivity index (χ4n) is 4.56. The van der Waals surface area contributed by atoms with E-state index >= 15 is 0 Å². The van der Waals surface area contributed by atoms with Gasteiger partial charge in [-0.15, -0.1) is 0 Å². The van der Waals surface area contributed by atoms with Crippen LogP contribution in [0.1, 0.15) is 55.1 Å². The lowest BCUT2D eigenvalue weighted by Gasteiger charge is -2.28. The molecule has 1 aromatic rings. The second-order valence-electron chi connectivity index (χ2n) is 8.04. The van der Waals surface area contributed by atoms with Crippen molar-refractivity contribution in [3.8, 4) is 0 Å². The van der Waals surface area contributed by atoms with Crippen LogP contribution < -0.4 is 0 Å². The first-order valence-electron chi connectivity index (χ1n) is 9.54. The molecule has 6 nitrogen and oxygen atoms in total. The van der Waals surface area contributed by atoms with E-state index in [2.05, 4.69) is 12.0 Å². The second-order valence-corrected chi connectivity index (χ2v) is 8.04. The summed E-state index contributed by atoms with van der Waals surface area (Å²) in [6.45, 7) is 6.37. The van der Waals surface area contributed by atoms with Crippen molar-refractivity contribution in [1.82, 2.24) is 19.6 Å². The fraction of sp³-hybridized carbons (Fsp3) is 0.737. The monoisotopic (exact) mass is 344 g/mol. The summed E-state index contributed by atoms with van der Waals surface area (Å²) in [5, 5.41) is 4.53. The van der Waals surface area contributed by atoms with Crippen LogP contribution in [0.15, 0.2) is 0 Å². The van der Waals surface area contributed by atoms with Gasteiger partial charge in [0.25, 0.3) is 0 Å². The maximum absolute atomic E-state index is 13.2. The molecule has 0 spiro atoms. The van der Waals surface area contributed by atoms with Gasteiger partial charge >= 0.3 is 0 Å². The summed E-state index contributed by atoms with van der Waals surface area (Å²) >= 11 is 0. The standard InChI is InChI=1S/C19H28N4O2/c1-12-18(13(2)21(3)20-12)16-5-4-8-23(16)19(25)15-9-17(24)22(11-15)10-14-6-7-14/h14-16H,4-11H2,1-3H3/t15-,16+/m1/s1. The van der Waals surface area contributed by atoms with Crippen LogP contribution in [-0.2, 0) is 16.6 Å². The Kier molecular flexibility index (Phi) is 4.08. The van der Waals surface area contributed by atoms with E-state index in [1.54, 1.807) is 0 Å². The van der Waals surface area contributed by atoms with Gasteiger partial charge in [0, 0.05) is 44.4 Å². The summed E-state index contributed by atoms with van der Waals surface area (Å²) in [4.78, 5) is 29.4. The Morgan fingerprint density at radius 2 is 2.00 bits per heavy atom. The number of rotatable bonds is 4. The molecule has 2 saturated heterocycles. The van der Waals surface area contributed by atoms with Crippen LogP contribution in [0.5, 0.6) is 0 Å². The minimum atomic E-state index is -0.163. The van der Waals surface area contributed by atoms with Crippen molar-refractivity contribution >= 4 is 11.8 Å². The van der Waals surface area contributed by atoms with Crippen LogP contribution in [0.2, 0.25) is 0 Å². The predicted molar refractivity (Wildman–Crippen MR) is 93.8 cm³/mol. The summed E-state index contributed by atoms with van der Waals surface area (Å²) in [6, 6.07) is 0.119. The molecule has 0 aromatic carbocycles. The molecule has 0 radical (unpaired) electrons. The Labute approximate surface area is 149 Å². The van der Waals surface area contributed by atoms with E-state index in [1.165, 1.54) is 18.4 Å². The Hall–Kier alpha value is -1.85. The van der Waals surface area contributed by atoms with Gasteiger partial charge in [-0.25, -0.2) is 0 Å². The van der Waals surface area contributed by atoms with Crippen LogP contribution in [0.25, 0.3) is 0 Å². The molecular formula is C19H28N4O2. The van der Waals surface area contributed by atoms with Gasteiger partial charge < -0.3 is 9.80 Å². The highest BCUT2D eigenvalue weighted by Gasteiger charge is 2.42. The van der Waals surface area contributed by atoms with Crippen molar-refractivity contribution in [1.29, 1.82) is 0 Å². The van der Waals surface area contributed by atoms with Crippen LogP contribution in [0.4, 0.5) is 0 Å². The Morgan fingerprint density at radius 3 is 2.64 bits per heavy atom. The quantitative estimate of drug-likeness (QED) is 0.839. The van der Waals surface area contributed by atoms with Crippen LogP contribution in [0.3, 0.4) is 0 Å². The number of hydrogen-bond donors (Lipinski definition) is 0. The molecule has 1 saturated carbocycles. The van der Waals surface area contributed by atoms with E-state index < -0.39 is 0 Å². The largest absolute Gasteiger partial charge is 0.342 e. The van der Waals surface area contributed by atoms with Crippen LogP contribution in [0, 0.1) is 25.7 Å². The molecule has 3 aliphatic rings. The lowest BCUT2D eigenvalue weighted by Crippen LogP contribution is -2.37. The van der Waals surface area contributed by atoms with Crippen molar-refractivity contribution in [2.24, 2.45) is 18.9 Å². The molecule has 2 aliphatic heterocycles. The molecule has 2 amide bonds. The summed E-state index contributed by atoms with van der Waals surface area (Å²) < 4.78 is 1.90. The maximum atomic E-state index is 13.2. The van der Waals surface area contributed by atoms with Gasteiger partial charge in [-0.05, 0) is 45.4 Å². The van der Waals surface area contributed by atoms with E-state index in [-0.39, 0.29) is 23.8 Å². The number of aromatic nitrogens is 2. The van der Waals surface area contributed by atoms with Gasteiger partial charge in [0.2, 0.25) is 11.8 Å². The van der Waals surface area contributed by atoms with E-state index in [0.717, 1.165) is 37.3 Å². The number of carbonyl (C=O) groups is 2. The van der Waals surface area contributed by atoms with E-state index in [0.29, 0.717) is 18.9 Å². The molecule has 0 unspecified atom stereocenters. The molecule has 2 atom stereocenters. The predicted octanol–water partition coefficient (Wildman–Crippen LogP) is 1.96. The number of aryl methyl sites for hydroxylation is 2. The molecule has 4 rings (SSSR count). The fourth-order valence-corrected chi connectivity index (χ4v) is 4.56. The van der Waals surface area contributed by atoms with Crippen LogP contribution >= 0.6 is 0 Å². The SMILES string of the molecule is Cc1nn(C)c(C)c1[C@@H]1CCCN1C(=O)[C@@H]1CC(=O)N(CC2CC2)C1. The van der Waals surface area contributed by atoms with Crippen LogP contribution in [-0.4, -0.2) is 51.0 Å². The summed E-state index contributed by atoms with van der Waals surface area (Å²) in [5.74, 6) is 0.841. The van der Waals surface area contributed by atoms with Crippen molar-refractivity contribution in [2.45, 2.75) is 52.0 Å². The van der Waals surface area contributed by atoms with Crippen molar-refractivity contribution in [3.05, 3.63) is 17.0 Å². The Balaban J connectivity index is 1.50. The van der Waals surface area contributed by atoms with E-state index in [1.807, 2.05) is 28.5 Å². The van der Waals surface area contributed by atoms with E-state index in [4.69, 9.17) is 0 Å². The number of carbonyl (C=O) groups excluding carboxylic acids is 2. The third kappa shape index (κ3) is 2.96. The van der Waals surface area contributed by atoms with Gasteiger partial charge in [-0.3, -0.25) is 14.3 Å². The zero-order chi connectivity index (χ0) is 17.7. The Morgan fingerprint density at radius 1 is 1.24 bits per heavy atom. The molecule has 25 heavy (non-hydrogen) atoms. The summed E-state index contributed by atoms with van der Waals surface area (Å²) in [7, 11) is 1.96. The molecule has 3 heterocycles. The first-order valence-corrected chi connectivity index (χ1v) is 9.54. The average molecular weight is 344 g/mol. The lowest BCUT2D eigenvalue weighted by molar-refractivity contribution is -0.136. The van der Waals surface area contributed by atoms with Gasteiger partial charge in [-0.1, -0.05) is 0 Å². The molecule has 0 N–H and O–H groups in total. The molecule has 3 fully saturated rings. The minimum Gasteiger partial charge on any atom is -0.342 e. The highest BCUT2D eigenvalue weighted by atomic mass is 16.2. The van der Waals surface area contributed by atoms with Crippen molar-refractivity contribution in [2.75, 3.05) is 19.6 Å². The Bertz CT molecular complexity index is 707. The highest BCUT2D eigenvalue weighted by Crippen LogP contribution is 2.38. The first-order chi connectivity index (χ1) is 12.0. The molecule has 136 valence electrons. The van der Waals surface area contributed by atoms with Crippen molar-refractivity contribution < 1.29 is 9.59 Å². The molecule has 0 bridgehead atoms. The number of amides is 2. The topological polar surface area (TPSA) is 58.4 Å². The maximum Gasteiger partial charge on any atom is 0.228 e. The van der Waals surface area contributed by atoms with Gasteiger partial charge in [-0.2, -0.15) is 5.10 Å². The number of hydrogen-bond acceptors (Lipinski definition) is 3. The third-order valence-corrected chi connectivity index (χ3v) is 6.17. The third-order valence-electron chi connectivity index (χ3n) is 6.17. The second kappa shape index (κ2) is 6.15. The number of nitrogens with zero attached hydrogens (tertiary/aromatic N) is 4. The van der Waals surface area contributed by atoms with Gasteiger partial charge in [0.05, 0.1) is 17.7 Å². The average Bonchev–Trinajstić information content (AvgIpc) is 3.02. The van der Waals surface area contributed by atoms with E-state index in [9.17, 15) is 9.59 Å². The molecular weight excluding hydrogens is 316 g/mol. The van der Waals surface area contributed by atoms with Crippen molar-refractivity contribution in [3.63, 3.8) is 0 Å². The lowest BCUT2D eigenvalue weighted by atomic mass is 10.0. The molecule has 1 aromatic heterocycles.